The molecule has 5 heteroatoms. The van der Waals surface area contributed by atoms with Gasteiger partial charge in [-0.25, -0.2) is 9.97 Å². The van der Waals surface area contributed by atoms with Crippen molar-refractivity contribution in [3.63, 3.8) is 0 Å². The summed E-state index contributed by atoms with van der Waals surface area (Å²) in [4.78, 5) is 10.6. The molecule has 7 aromatic carbocycles. The zero-order valence-electron chi connectivity index (χ0n) is 27.4. The van der Waals surface area contributed by atoms with Crippen molar-refractivity contribution in [3.05, 3.63) is 170 Å². The lowest BCUT2D eigenvalue weighted by atomic mass is 10.1. The number of benzene rings is 7. The van der Waals surface area contributed by atoms with Gasteiger partial charge in [0.05, 0.1) is 33.5 Å². The maximum Gasteiger partial charge on any atom is 0.235 e. The SMILES string of the molecule is c1ccc(-c2cc(-c3ccccc3)nc(-n3c4ccccc4c4cc5c(cc43)c3ccc4sc6ccccc6c4c3n5-c3ccccc3)n2)cc1. The van der Waals surface area contributed by atoms with Crippen LogP contribution in [0.4, 0.5) is 0 Å². The van der Waals surface area contributed by atoms with E-state index in [1.54, 1.807) is 0 Å². The van der Waals surface area contributed by atoms with Crippen LogP contribution < -0.4 is 0 Å². The van der Waals surface area contributed by atoms with Gasteiger partial charge in [0.2, 0.25) is 5.95 Å². The Morgan fingerprint density at radius 1 is 0.392 bits per heavy atom. The predicted octanol–water partition coefficient (Wildman–Crippen LogP) is 12.4. The molecule has 0 fully saturated rings. The van der Waals surface area contributed by atoms with Gasteiger partial charge in [-0.3, -0.25) is 4.57 Å². The van der Waals surface area contributed by atoms with E-state index < -0.39 is 0 Å². The summed E-state index contributed by atoms with van der Waals surface area (Å²) in [5.41, 5.74) is 9.61. The highest BCUT2D eigenvalue weighted by Crippen LogP contribution is 2.45. The van der Waals surface area contributed by atoms with Crippen LogP contribution in [0, 0.1) is 0 Å². The van der Waals surface area contributed by atoms with E-state index in [0.29, 0.717) is 5.95 Å². The molecular formula is C46H28N4S. The van der Waals surface area contributed by atoms with Gasteiger partial charge in [0.15, 0.2) is 0 Å². The van der Waals surface area contributed by atoms with Crippen molar-refractivity contribution in [1.82, 2.24) is 19.1 Å². The zero-order chi connectivity index (χ0) is 33.5. The molecule has 238 valence electrons. The lowest BCUT2D eigenvalue weighted by Crippen LogP contribution is -2.04. The molecule has 0 aliphatic heterocycles. The van der Waals surface area contributed by atoms with E-state index in [9.17, 15) is 0 Å². The second kappa shape index (κ2) is 11.0. The zero-order valence-corrected chi connectivity index (χ0v) is 28.2. The topological polar surface area (TPSA) is 35.6 Å². The van der Waals surface area contributed by atoms with Crippen molar-refractivity contribution in [2.45, 2.75) is 0 Å². The molecule has 4 aromatic heterocycles. The van der Waals surface area contributed by atoms with Gasteiger partial charge in [-0.15, -0.1) is 11.3 Å². The molecule has 0 aliphatic carbocycles. The maximum absolute atomic E-state index is 5.28. The molecule has 11 rings (SSSR count). The number of fused-ring (bicyclic) bond motifs is 10. The number of rotatable bonds is 4. The smallest absolute Gasteiger partial charge is 0.235 e. The fourth-order valence-electron chi connectivity index (χ4n) is 7.88. The second-order valence-corrected chi connectivity index (χ2v) is 14.1. The van der Waals surface area contributed by atoms with Gasteiger partial charge in [0.25, 0.3) is 0 Å². The van der Waals surface area contributed by atoms with Crippen LogP contribution in [0.5, 0.6) is 0 Å². The highest BCUT2D eigenvalue weighted by atomic mass is 32.1. The molecule has 51 heavy (non-hydrogen) atoms. The van der Waals surface area contributed by atoms with Crippen LogP contribution in [0.3, 0.4) is 0 Å². The third-order valence-electron chi connectivity index (χ3n) is 10.1. The average molecular weight is 669 g/mol. The summed E-state index contributed by atoms with van der Waals surface area (Å²) in [6.45, 7) is 0. The van der Waals surface area contributed by atoms with E-state index in [1.165, 1.54) is 52.8 Å². The number of hydrogen-bond acceptors (Lipinski definition) is 3. The Morgan fingerprint density at radius 2 is 0.961 bits per heavy atom. The van der Waals surface area contributed by atoms with Gasteiger partial charge in [0.1, 0.15) is 0 Å². The molecule has 4 heterocycles. The first-order valence-electron chi connectivity index (χ1n) is 17.2. The minimum Gasteiger partial charge on any atom is -0.309 e. The van der Waals surface area contributed by atoms with Crippen LogP contribution in [0.2, 0.25) is 0 Å². The van der Waals surface area contributed by atoms with Crippen molar-refractivity contribution in [2.75, 3.05) is 0 Å². The molecule has 0 amide bonds. The van der Waals surface area contributed by atoms with Crippen molar-refractivity contribution in [3.8, 4) is 34.2 Å². The van der Waals surface area contributed by atoms with Crippen molar-refractivity contribution < 1.29 is 0 Å². The Bertz CT molecular complexity index is 3060. The molecule has 0 N–H and O–H groups in total. The normalized spacial score (nSPS) is 11.9. The number of nitrogens with zero attached hydrogens (tertiary/aromatic N) is 4. The monoisotopic (exact) mass is 668 g/mol. The molecule has 0 unspecified atom stereocenters. The van der Waals surface area contributed by atoms with Crippen LogP contribution in [-0.2, 0) is 0 Å². The fraction of sp³-hybridized carbons (Fsp3) is 0. The molecule has 4 nitrogen and oxygen atoms in total. The van der Waals surface area contributed by atoms with E-state index in [-0.39, 0.29) is 0 Å². The first kappa shape index (κ1) is 28.3. The quantitative estimate of drug-likeness (QED) is 0.187. The van der Waals surface area contributed by atoms with Crippen molar-refractivity contribution in [1.29, 1.82) is 0 Å². The van der Waals surface area contributed by atoms with Crippen LogP contribution >= 0.6 is 11.3 Å². The summed E-state index contributed by atoms with van der Waals surface area (Å²) >= 11 is 1.86. The third kappa shape index (κ3) is 4.25. The van der Waals surface area contributed by atoms with Crippen molar-refractivity contribution in [2.24, 2.45) is 0 Å². The molecule has 11 aromatic rings. The third-order valence-corrected chi connectivity index (χ3v) is 11.3. The van der Waals surface area contributed by atoms with Gasteiger partial charge >= 0.3 is 0 Å². The van der Waals surface area contributed by atoms with Gasteiger partial charge in [-0.05, 0) is 48.5 Å². The van der Waals surface area contributed by atoms with Crippen LogP contribution in [-0.4, -0.2) is 19.1 Å². The van der Waals surface area contributed by atoms with Crippen LogP contribution in [0.1, 0.15) is 0 Å². The summed E-state index contributed by atoms with van der Waals surface area (Å²) < 4.78 is 7.32. The highest BCUT2D eigenvalue weighted by molar-refractivity contribution is 7.26. The largest absolute Gasteiger partial charge is 0.309 e. The van der Waals surface area contributed by atoms with Gasteiger partial charge in [-0.1, -0.05) is 121 Å². The van der Waals surface area contributed by atoms with E-state index in [4.69, 9.17) is 9.97 Å². The summed E-state index contributed by atoms with van der Waals surface area (Å²) in [6.07, 6.45) is 0. The molecule has 0 aliphatic rings. The minimum absolute atomic E-state index is 0.652. The molecule has 0 saturated carbocycles. The Labute approximate surface area is 297 Å². The first-order chi connectivity index (χ1) is 25.3. The summed E-state index contributed by atoms with van der Waals surface area (Å²) in [6, 6.07) is 60.5. The number of para-hydroxylation sites is 2. The second-order valence-electron chi connectivity index (χ2n) is 13.0. The van der Waals surface area contributed by atoms with Gasteiger partial charge in [-0.2, -0.15) is 0 Å². The fourth-order valence-corrected chi connectivity index (χ4v) is 8.99. The van der Waals surface area contributed by atoms with Crippen LogP contribution in [0.25, 0.3) is 97.9 Å². The predicted molar refractivity (Wildman–Crippen MR) is 214 cm³/mol. The highest BCUT2D eigenvalue weighted by Gasteiger charge is 2.22. The Morgan fingerprint density at radius 3 is 1.67 bits per heavy atom. The molecule has 0 spiro atoms. The molecule has 0 atom stereocenters. The van der Waals surface area contributed by atoms with Gasteiger partial charge in [0, 0.05) is 58.5 Å². The summed E-state index contributed by atoms with van der Waals surface area (Å²) in [5, 5.41) is 7.36. The molecular weight excluding hydrogens is 641 g/mol. The van der Waals surface area contributed by atoms with Crippen LogP contribution in [0.15, 0.2) is 170 Å². The lowest BCUT2D eigenvalue weighted by molar-refractivity contribution is 0.996. The minimum atomic E-state index is 0.652. The van der Waals surface area contributed by atoms with E-state index in [2.05, 4.69) is 167 Å². The van der Waals surface area contributed by atoms with Gasteiger partial charge < -0.3 is 4.57 Å². The Hall–Kier alpha value is -6.56. The number of aromatic nitrogens is 4. The number of thiophene rings is 1. The summed E-state index contributed by atoms with van der Waals surface area (Å²) in [5.74, 6) is 0.652. The molecule has 0 radical (unpaired) electrons. The molecule has 0 saturated heterocycles. The average Bonchev–Trinajstić information content (AvgIpc) is 3.85. The van der Waals surface area contributed by atoms with E-state index in [1.807, 2.05) is 23.5 Å². The first-order valence-corrected chi connectivity index (χ1v) is 18.0. The number of hydrogen-bond donors (Lipinski definition) is 0. The Balaban J connectivity index is 1.29. The van der Waals surface area contributed by atoms with Crippen molar-refractivity contribution >= 4 is 75.1 Å². The maximum atomic E-state index is 5.28. The molecule has 0 bridgehead atoms. The van der Waals surface area contributed by atoms with E-state index >= 15 is 0 Å². The Kier molecular flexibility index (Phi) is 6.09. The standard InChI is InChI=1S/C46H28N4S/c1-4-14-29(15-5-1)37-28-38(30-16-6-2-7-17-30)48-46(47-37)50-39-22-12-10-20-32(39)35-26-40-36(27-41(35)50)33-24-25-43-44(34-21-11-13-23-42(34)51-43)45(33)49(40)31-18-8-3-9-19-31/h1-28H. The summed E-state index contributed by atoms with van der Waals surface area (Å²) in [7, 11) is 0. The lowest BCUT2D eigenvalue weighted by Gasteiger charge is -2.12. The van der Waals surface area contributed by atoms with E-state index in [0.717, 1.165) is 39.2 Å².